The molecule has 2 nitrogen and oxygen atoms in total. The maximum absolute atomic E-state index is 5.85. The summed E-state index contributed by atoms with van der Waals surface area (Å²) in [5.74, 6) is 5.85. The fourth-order valence-corrected chi connectivity index (χ4v) is 2.63. The van der Waals surface area contributed by atoms with Gasteiger partial charge in [0.25, 0.3) is 0 Å². The molecule has 0 saturated carbocycles. The Balaban J connectivity index is 2.45. The zero-order valence-corrected chi connectivity index (χ0v) is 11.9. The molecule has 0 amide bonds. The molecule has 2 rings (SSSR count). The summed E-state index contributed by atoms with van der Waals surface area (Å²) in [4.78, 5) is 0. The van der Waals surface area contributed by atoms with E-state index < -0.39 is 0 Å². The van der Waals surface area contributed by atoms with Crippen LogP contribution < -0.4 is 11.3 Å². The van der Waals surface area contributed by atoms with E-state index in [1.165, 1.54) is 16.7 Å². The van der Waals surface area contributed by atoms with E-state index in [0.717, 1.165) is 0 Å². The molecule has 3 N–H and O–H groups in total. The molecule has 0 aliphatic carbocycles. The van der Waals surface area contributed by atoms with Crippen LogP contribution in [0.25, 0.3) is 0 Å². The lowest BCUT2D eigenvalue weighted by Gasteiger charge is -2.35. The highest BCUT2D eigenvalue weighted by Gasteiger charge is 2.32. The minimum Gasteiger partial charge on any atom is -0.271 e. The highest BCUT2D eigenvalue weighted by molar-refractivity contribution is 5.35. The number of nitrogens with one attached hydrogen (secondary N) is 1. The van der Waals surface area contributed by atoms with Gasteiger partial charge in [-0.15, -0.1) is 0 Å². The first kappa shape index (κ1) is 13.8. The van der Waals surface area contributed by atoms with Gasteiger partial charge in [-0.25, -0.2) is 0 Å². The molecule has 19 heavy (non-hydrogen) atoms. The van der Waals surface area contributed by atoms with E-state index >= 15 is 0 Å². The van der Waals surface area contributed by atoms with Gasteiger partial charge in [0, 0.05) is 5.41 Å². The van der Waals surface area contributed by atoms with Crippen molar-refractivity contribution in [2.24, 2.45) is 5.84 Å². The van der Waals surface area contributed by atoms with E-state index in [0.29, 0.717) is 0 Å². The van der Waals surface area contributed by atoms with Crippen molar-refractivity contribution in [1.29, 1.82) is 0 Å². The van der Waals surface area contributed by atoms with E-state index in [-0.39, 0.29) is 11.5 Å². The van der Waals surface area contributed by atoms with Gasteiger partial charge in [0.05, 0.1) is 6.04 Å². The first-order valence-corrected chi connectivity index (χ1v) is 6.64. The fourth-order valence-electron chi connectivity index (χ4n) is 2.63. The molecule has 1 unspecified atom stereocenters. The van der Waals surface area contributed by atoms with Gasteiger partial charge in [0.2, 0.25) is 0 Å². The van der Waals surface area contributed by atoms with Crippen LogP contribution in [-0.4, -0.2) is 0 Å². The summed E-state index contributed by atoms with van der Waals surface area (Å²) in [5, 5.41) is 0. The zero-order valence-electron chi connectivity index (χ0n) is 11.9. The molecule has 0 aliphatic rings. The zero-order chi connectivity index (χ0) is 13.9. The quantitative estimate of drug-likeness (QED) is 0.647. The van der Waals surface area contributed by atoms with E-state index in [2.05, 4.69) is 74.7 Å². The first-order valence-electron chi connectivity index (χ1n) is 6.64. The second-order valence-corrected chi connectivity index (χ2v) is 5.54. The van der Waals surface area contributed by atoms with Gasteiger partial charge in [-0.1, -0.05) is 68.4 Å². The van der Waals surface area contributed by atoms with Gasteiger partial charge < -0.3 is 0 Å². The second kappa shape index (κ2) is 5.55. The largest absolute Gasteiger partial charge is 0.271 e. The fraction of sp³-hybridized carbons (Fsp3) is 0.294. The minimum absolute atomic E-state index is 0.0797. The average molecular weight is 254 g/mol. The number of aryl methyl sites for hydroxylation is 1. The van der Waals surface area contributed by atoms with Crippen molar-refractivity contribution in [3.05, 3.63) is 71.3 Å². The van der Waals surface area contributed by atoms with E-state index in [1.54, 1.807) is 0 Å². The van der Waals surface area contributed by atoms with Crippen molar-refractivity contribution in [1.82, 2.24) is 5.43 Å². The summed E-state index contributed by atoms with van der Waals surface area (Å²) in [6, 6.07) is 19.0. The van der Waals surface area contributed by atoms with E-state index in [4.69, 9.17) is 5.84 Å². The standard InChI is InChI=1S/C17H22N2/c1-13-9-7-8-12-15(13)16(19-18)17(2,3)14-10-5-4-6-11-14/h4-12,16,19H,18H2,1-3H3. The highest BCUT2D eigenvalue weighted by atomic mass is 15.2. The lowest BCUT2D eigenvalue weighted by Crippen LogP contribution is -2.41. The molecule has 0 aliphatic heterocycles. The molecule has 0 radical (unpaired) electrons. The molecule has 100 valence electrons. The molecule has 2 aromatic carbocycles. The Morgan fingerprint density at radius 3 is 2.11 bits per heavy atom. The van der Waals surface area contributed by atoms with Gasteiger partial charge in [0.1, 0.15) is 0 Å². The van der Waals surface area contributed by atoms with Gasteiger partial charge in [-0.2, -0.15) is 0 Å². The van der Waals surface area contributed by atoms with Crippen molar-refractivity contribution in [2.75, 3.05) is 0 Å². The average Bonchev–Trinajstić information content (AvgIpc) is 2.42. The number of hydrogen-bond acceptors (Lipinski definition) is 2. The smallest absolute Gasteiger partial charge is 0.0553 e. The number of rotatable bonds is 4. The van der Waals surface area contributed by atoms with Crippen LogP contribution in [0.15, 0.2) is 54.6 Å². The summed E-state index contributed by atoms with van der Waals surface area (Å²) in [6.07, 6.45) is 0. The summed E-state index contributed by atoms with van der Waals surface area (Å²) in [6.45, 7) is 6.57. The summed E-state index contributed by atoms with van der Waals surface area (Å²) < 4.78 is 0. The van der Waals surface area contributed by atoms with Crippen LogP contribution in [0.2, 0.25) is 0 Å². The lowest BCUT2D eigenvalue weighted by molar-refractivity contribution is 0.351. The summed E-state index contributed by atoms with van der Waals surface area (Å²) in [5.41, 5.74) is 6.70. The molecule has 0 fully saturated rings. The van der Waals surface area contributed by atoms with Crippen LogP contribution in [0.1, 0.15) is 36.6 Å². The Bertz CT molecular complexity index is 532. The van der Waals surface area contributed by atoms with Gasteiger partial charge >= 0.3 is 0 Å². The maximum Gasteiger partial charge on any atom is 0.0553 e. The minimum atomic E-state index is -0.0812. The highest BCUT2D eigenvalue weighted by Crippen LogP contribution is 2.37. The third-order valence-corrected chi connectivity index (χ3v) is 3.91. The Kier molecular flexibility index (Phi) is 4.03. The third kappa shape index (κ3) is 2.70. The monoisotopic (exact) mass is 254 g/mol. The number of nitrogens with two attached hydrogens (primary N) is 1. The molecule has 1 atom stereocenters. The number of hydrazine groups is 1. The SMILES string of the molecule is Cc1ccccc1C(NN)C(C)(C)c1ccccc1. The molecule has 0 bridgehead atoms. The topological polar surface area (TPSA) is 38.0 Å². The molecule has 0 spiro atoms. The molecule has 0 saturated heterocycles. The van der Waals surface area contributed by atoms with Crippen molar-refractivity contribution < 1.29 is 0 Å². The van der Waals surface area contributed by atoms with Crippen LogP contribution in [0, 0.1) is 6.92 Å². The first-order chi connectivity index (χ1) is 9.07. The Morgan fingerprint density at radius 2 is 1.53 bits per heavy atom. The predicted molar refractivity (Wildman–Crippen MR) is 80.7 cm³/mol. The van der Waals surface area contributed by atoms with Gasteiger partial charge in [0.15, 0.2) is 0 Å². The molecule has 2 aromatic rings. The number of benzene rings is 2. The summed E-state index contributed by atoms with van der Waals surface area (Å²) >= 11 is 0. The van der Waals surface area contributed by atoms with Crippen LogP contribution in [0.5, 0.6) is 0 Å². The predicted octanol–water partition coefficient (Wildman–Crippen LogP) is 3.48. The van der Waals surface area contributed by atoms with Crippen LogP contribution in [-0.2, 0) is 5.41 Å². The molecular weight excluding hydrogens is 232 g/mol. The molecule has 0 aromatic heterocycles. The van der Waals surface area contributed by atoms with E-state index in [9.17, 15) is 0 Å². The maximum atomic E-state index is 5.85. The van der Waals surface area contributed by atoms with Crippen molar-refractivity contribution in [2.45, 2.75) is 32.2 Å². The van der Waals surface area contributed by atoms with Crippen LogP contribution in [0.3, 0.4) is 0 Å². The summed E-state index contributed by atoms with van der Waals surface area (Å²) in [7, 11) is 0. The van der Waals surface area contributed by atoms with Gasteiger partial charge in [-0.05, 0) is 23.6 Å². The lowest BCUT2D eigenvalue weighted by atomic mass is 9.74. The Hall–Kier alpha value is -1.64. The Labute approximate surface area is 115 Å². The van der Waals surface area contributed by atoms with Crippen molar-refractivity contribution >= 4 is 0 Å². The van der Waals surface area contributed by atoms with Crippen LogP contribution >= 0.6 is 0 Å². The molecule has 0 heterocycles. The Morgan fingerprint density at radius 1 is 0.947 bits per heavy atom. The van der Waals surface area contributed by atoms with Crippen molar-refractivity contribution in [3.8, 4) is 0 Å². The molecular formula is C17H22N2. The number of hydrogen-bond donors (Lipinski definition) is 2. The van der Waals surface area contributed by atoms with Crippen LogP contribution in [0.4, 0.5) is 0 Å². The third-order valence-electron chi connectivity index (χ3n) is 3.91. The second-order valence-electron chi connectivity index (χ2n) is 5.54. The van der Waals surface area contributed by atoms with E-state index in [1.807, 2.05) is 6.07 Å². The van der Waals surface area contributed by atoms with Crippen molar-refractivity contribution in [3.63, 3.8) is 0 Å². The normalized spacial score (nSPS) is 13.3. The molecule has 2 heteroatoms. The van der Waals surface area contributed by atoms with Gasteiger partial charge in [-0.3, -0.25) is 11.3 Å².